The van der Waals surface area contributed by atoms with Gasteiger partial charge in [0.05, 0.1) is 34.4 Å². The van der Waals surface area contributed by atoms with E-state index in [0.29, 0.717) is 52.6 Å². The number of esters is 3. The molecule has 2 saturated carbocycles. The quantitative estimate of drug-likeness (QED) is 0.164. The Hall–Kier alpha value is -4.23. The zero-order chi connectivity index (χ0) is 44.5. The summed E-state index contributed by atoms with van der Waals surface area (Å²) in [7, 11) is 3.42. The van der Waals surface area contributed by atoms with Gasteiger partial charge >= 0.3 is 17.9 Å². The van der Waals surface area contributed by atoms with Crippen molar-refractivity contribution in [2.45, 2.75) is 149 Å². The highest BCUT2D eigenvalue weighted by Crippen LogP contribution is 2.46. The summed E-state index contributed by atoms with van der Waals surface area (Å²) in [5.74, 6) is -1.24. The topological polar surface area (TPSA) is 167 Å². The third kappa shape index (κ3) is 10.8. The highest BCUT2D eigenvalue weighted by Gasteiger charge is 2.51. The number of nitrogens with one attached hydrogen (secondary N) is 2. The summed E-state index contributed by atoms with van der Waals surface area (Å²) in [6.45, 7) is 11.9. The summed E-state index contributed by atoms with van der Waals surface area (Å²) in [5.41, 5.74) is 5.32. The summed E-state index contributed by atoms with van der Waals surface area (Å²) in [5, 5.41) is 18.6. The highest BCUT2D eigenvalue weighted by molar-refractivity contribution is 6.32. The maximum Gasteiger partial charge on any atom is 0.310 e. The number of carbonyl (C=O) groups excluding carboxylic acids is 5. The molecule has 0 atom stereocenters. The van der Waals surface area contributed by atoms with E-state index in [-0.39, 0.29) is 29.8 Å². The van der Waals surface area contributed by atoms with Crippen LogP contribution in [-0.2, 0) is 68.6 Å². The molecule has 2 aromatic carbocycles. The van der Waals surface area contributed by atoms with Gasteiger partial charge < -0.3 is 34.7 Å². The molecular formula is C46H60Cl2N2O10. The SMILES string of the molecule is CC(=O)OC(C)=O.CCc1cc(Cl)cc(CC)c1C1=C(O)C2(CCC(OC)CC2)NC1=O.CCc1cc(Cl)cc(CC)c1C1=C(OC(C)=O)C2(CCC(OC)CC2)NC1=O. The minimum atomic E-state index is -0.650. The van der Waals surface area contributed by atoms with Gasteiger partial charge in [0.25, 0.3) is 11.8 Å². The minimum Gasteiger partial charge on any atom is -0.509 e. The Morgan fingerprint density at radius 2 is 0.983 bits per heavy atom. The number of benzene rings is 2. The molecule has 0 radical (unpaired) electrons. The van der Waals surface area contributed by atoms with E-state index in [4.69, 9.17) is 37.4 Å². The first kappa shape index (κ1) is 48.4. The van der Waals surface area contributed by atoms with Crippen molar-refractivity contribution in [1.29, 1.82) is 0 Å². The van der Waals surface area contributed by atoms with Crippen LogP contribution in [0.1, 0.15) is 133 Å². The highest BCUT2D eigenvalue weighted by atomic mass is 35.5. The predicted molar refractivity (Wildman–Crippen MR) is 231 cm³/mol. The van der Waals surface area contributed by atoms with Crippen molar-refractivity contribution in [2.75, 3.05) is 14.2 Å². The van der Waals surface area contributed by atoms with Gasteiger partial charge in [-0.05, 0) is 135 Å². The lowest BCUT2D eigenvalue weighted by Crippen LogP contribution is -2.49. The number of hydrogen-bond acceptors (Lipinski definition) is 10. The van der Waals surface area contributed by atoms with Crippen molar-refractivity contribution in [3.05, 3.63) is 79.2 Å². The van der Waals surface area contributed by atoms with Crippen LogP contribution in [0.15, 0.2) is 35.8 Å². The molecule has 0 unspecified atom stereocenters. The maximum absolute atomic E-state index is 13.2. The second-order valence-corrected chi connectivity index (χ2v) is 16.5. The van der Waals surface area contributed by atoms with Crippen LogP contribution in [0.2, 0.25) is 10.0 Å². The Bertz CT molecular complexity index is 1960. The van der Waals surface area contributed by atoms with Crippen LogP contribution in [0.4, 0.5) is 0 Å². The largest absolute Gasteiger partial charge is 0.509 e. The van der Waals surface area contributed by atoms with Crippen LogP contribution in [0, 0.1) is 0 Å². The van der Waals surface area contributed by atoms with Crippen LogP contribution < -0.4 is 10.6 Å². The Labute approximate surface area is 363 Å². The number of aryl methyl sites for hydroxylation is 4. The maximum atomic E-state index is 13.2. The van der Waals surface area contributed by atoms with Crippen molar-refractivity contribution in [3.8, 4) is 0 Å². The van der Waals surface area contributed by atoms with Gasteiger partial charge in [0.15, 0.2) is 0 Å². The first-order valence-electron chi connectivity index (χ1n) is 20.8. The number of ether oxygens (including phenoxy) is 4. The third-order valence-corrected chi connectivity index (χ3v) is 12.3. The molecule has 2 heterocycles. The lowest BCUT2D eigenvalue weighted by molar-refractivity contribution is -0.156. The molecule has 14 heteroatoms. The Balaban J connectivity index is 0.000000230. The lowest BCUT2D eigenvalue weighted by Gasteiger charge is -2.37. The molecule has 12 nitrogen and oxygen atoms in total. The van der Waals surface area contributed by atoms with E-state index in [2.05, 4.69) is 15.4 Å². The fourth-order valence-corrected chi connectivity index (χ4v) is 9.41. The monoisotopic (exact) mass is 870 g/mol. The fourth-order valence-electron chi connectivity index (χ4n) is 8.88. The normalized spacial score (nSPS) is 23.4. The Morgan fingerprint density at radius 1 is 0.633 bits per heavy atom. The number of aliphatic hydroxyl groups is 1. The molecule has 6 rings (SSSR count). The van der Waals surface area contributed by atoms with Crippen LogP contribution in [0.3, 0.4) is 0 Å². The smallest absolute Gasteiger partial charge is 0.310 e. The third-order valence-electron chi connectivity index (χ3n) is 11.8. The van der Waals surface area contributed by atoms with Gasteiger partial charge in [-0.2, -0.15) is 0 Å². The molecule has 0 saturated heterocycles. The Morgan fingerprint density at radius 3 is 1.32 bits per heavy atom. The minimum absolute atomic E-state index is 0.165. The molecular weight excluding hydrogens is 811 g/mol. The van der Waals surface area contributed by atoms with E-state index in [0.717, 1.165) is 84.7 Å². The van der Waals surface area contributed by atoms with E-state index in [1.165, 1.54) is 20.8 Å². The van der Waals surface area contributed by atoms with Crippen LogP contribution in [0.25, 0.3) is 11.1 Å². The standard InChI is InChI=1S/C22H28ClNO4.C20H26ClNO3.C4H6O3/c1-5-14-11-16(23)12-15(6-2)18(14)19-20(28-13(3)25)22(24-21(19)26)9-7-17(27-4)8-10-22;1-4-12-10-14(21)11-13(5-2)16(12)17-18(23)20(22-19(17)24)8-6-15(25-3)7-9-20;1-3(5)7-4(2)6/h11-12,17H,5-10H2,1-4H3,(H,24,26);10-11,15,23H,4-9H2,1-3H3,(H,22,24);1-2H3. The van der Waals surface area contributed by atoms with Crippen LogP contribution in [-0.4, -0.2) is 72.3 Å². The first-order valence-corrected chi connectivity index (χ1v) is 21.6. The van der Waals surface area contributed by atoms with Crippen molar-refractivity contribution in [2.24, 2.45) is 0 Å². The predicted octanol–water partition coefficient (Wildman–Crippen LogP) is 8.48. The van der Waals surface area contributed by atoms with Gasteiger partial charge in [-0.3, -0.25) is 24.0 Å². The first-order chi connectivity index (χ1) is 28.4. The van der Waals surface area contributed by atoms with E-state index in [9.17, 15) is 29.1 Å². The molecule has 3 N–H and O–H groups in total. The van der Waals surface area contributed by atoms with Gasteiger partial charge in [0, 0.05) is 45.0 Å². The summed E-state index contributed by atoms with van der Waals surface area (Å²) in [6.07, 6.45) is 9.35. The van der Waals surface area contributed by atoms with Crippen molar-refractivity contribution < 1.29 is 48.0 Å². The van der Waals surface area contributed by atoms with Gasteiger partial charge in [0.1, 0.15) is 11.5 Å². The lowest BCUT2D eigenvalue weighted by atomic mass is 9.78. The molecule has 2 aromatic rings. The van der Waals surface area contributed by atoms with Crippen molar-refractivity contribution >= 4 is 64.1 Å². The van der Waals surface area contributed by atoms with Crippen molar-refractivity contribution in [1.82, 2.24) is 10.6 Å². The summed E-state index contributed by atoms with van der Waals surface area (Å²) >= 11 is 12.5. The van der Waals surface area contributed by atoms with Gasteiger partial charge in [-0.25, -0.2) is 0 Å². The van der Waals surface area contributed by atoms with Gasteiger partial charge in [0.2, 0.25) is 0 Å². The second kappa shape index (κ2) is 21.0. The molecule has 2 aliphatic carbocycles. The van der Waals surface area contributed by atoms with E-state index >= 15 is 0 Å². The number of carbonyl (C=O) groups is 5. The summed E-state index contributed by atoms with van der Waals surface area (Å²) in [4.78, 5) is 57.6. The van der Waals surface area contributed by atoms with E-state index in [1.54, 1.807) is 14.2 Å². The van der Waals surface area contributed by atoms with Crippen molar-refractivity contribution in [3.63, 3.8) is 0 Å². The number of amides is 2. The summed E-state index contributed by atoms with van der Waals surface area (Å²) < 4.78 is 20.6. The van der Waals surface area contributed by atoms with Gasteiger partial charge in [-0.15, -0.1) is 0 Å². The molecule has 2 amide bonds. The molecule has 2 fully saturated rings. The number of methoxy groups -OCH3 is 2. The molecule has 60 heavy (non-hydrogen) atoms. The average Bonchev–Trinajstić information content (AvgIpc) is 3.59. The van der Waals surface area contributed by atoms with Crippen LogP contribution in [0.5, 0.6) is 0 Å². The van der Waals surface area contributed by atoms with E-state index < -0.39 is 29.0 Å². The zero-order valence-electron chi connectivity index (χ0n) is 36.3. The summed E-state index contributed by atoms with van der Waals surface area (Å²) in [6, 6.07) is 7.59. The molecule has 4 aliphatic rings. The molecule has 2 spiro atoms. The van der Waals surface area contributed by atoms with Gasteiger partial charge in [-0.1, -0.05) is 50.9 Å². The number of rotatable bonds is 9. The zero-order valence-corrected chi connectivity index (χ0v) is 37.8. The average molecular weight is 872 g/mol. The molecule has 0 bridgehead atoms. The number of aliphatic hydroxyl groups excluding tert-OH is 1. The van der Waals surface area contributed by atoms with Crippen LogP contribution >= 0.6 is 23.2 Å². The Kier molecular flexibility index (Phi) is 17.0. The molecule has 328 valence electrons. The molecule has 2 aliphatic heterocycles. The van der Waals surface area contributed by atoms with E-state index in [1.807, 2.05) is 52.0 Å². The molecule has 0 aromatic heterocycles. The number of hydrogen-bond donors (Lipinski definition) is 3. The fraction of sp³-hybridized carbons (Fsp3) is 0.543. The second-order valence-electron chi connectivity index (χ2n) is 15.7. The number of halogens is 2.